The van der Waals surface area contributed by atoms with Crippen LogP contribution in [0.15, 0.2) is 60.7 Å². The predicted octanol–water partition coefficient (Wildman–Crippen LogP) is 4.87. The van der Waals surface area contributed by atoms with Gasteiger partial charge in [0.15, 0.2) is 0 Å². The summed E-state index contributed by atoms with van der Waals surface area (Å²) in [5.41, 5.74) is 2.23. The van der Waals surface area contributed by atoms with Crippen molar-refractivity contribution in [3.63, 3.8) is 0 Å². The van der Waals surface area contributed by atoms with Crippen LogP contribution in [0.4, 0.5) is 0 Å². The van der Waals surface area contributed by atoms with Crippen molar-refractivity contribution in [3.8, 4) is 0 Å². The summed E-state index contributed by atoms with van der Waals surface area (Å²) in [6.45, 7) is 2.25. The molecule has 0 bridgehead atoms. The molecule has 2 aliphatic carbocycles. The first-order valence-corrected chi connectivity index (χ1v) is 13.1. The normalized spacial score (nSPS) is 19.7. The molecule has 0 amide bonds. The Labute approximate surface area is 217 Å². The van der Waals surface area contributed by atoms with Crippen LogP contribution in [0.5, 0.6) is 0 Å². The molecule has 2 saturated carbocycles. The topological polar surface area (TPSA) is 23.5 Å². The van der Waals surface area contributed by atoms with E-state index < -0.39 is 27.0 Å². The molecule has 2 aliphatic rings. The van der Waals surface area contributed by atoms with E-state index in [4.69, 9.17) is 0 Å². The van der Waals surface area contributed by atoms with Crippen LogP contribution in [0.1, 0.15) is 28.1 Å². The molecule has 166 valence electrons. The Morgan fingerprint density at radius 2 is 1.22 bits per heavy atom. The summed E-state index contributed by atoms with van der Waals surface area (Å²) in [5.74, 6) is 1.40. The second kappa shape index (κ2) is 14.8. The Balaban J connectivity index is 0.000000534. The predicted molar refractivity (Wildman–Crippen MR) is 130 cm³/mol. The fourth-order valence-corrected chi connectivity index (χ4v) is 7.34. The fraction of sp³-hybridized carbons (Fsp3) is 0.214. The molecule has 10 radical (unpaired) electrons. The quantitative estimate of drug-likeness (QED) is 0.473. The van der Waals surface area contributed by atoms with E-state index in [9.17, 15) is 5.11 Å². The van der Waals surface area contributed by atoms with Crippen molar-refractivity contribution in [3.05, 3.63) is 133 Å². The Morgan fingerprint density at radius 1 is 0.719 bits per heavy atom. The van der Waals surface area contributed by atoms with E-state index in [1.165, 1.54) is 15.4 Å². The van der Waals surface area contributed by atoms with Crippen LogP contribution in [-0.4, -0.2) is 51.1 Å². The monoisotopic (exact) mass is 583 g/mol. The van der Waals surface area contributed by atoms with Crippen LogP contribution in [0.25, 0.3) is 0 Å². The first-order chi connectivity index (χ1) is 15.1. The number of hydrogen-bond donors (Lipinski definition) is 1. The number of aliphatic hydroxyl groups is 1. The van der Waals surface area contributed by atoms with Crippen molar-refractivity contribution in [2.75, 3.05) is 14.1 Å². The summed E-state index contributed by atoms with van der Waals surface area (Å²) in [7, 11) is 4.24. The molecule has 3 atom stereocenters. The molecular weight excluding hydrogens is 550 g/mol. The molecule has 2 fully saturated rings. The minimum Gasteiger partial charge on any atom is -0.0312 e. The van der Waals surface area contributed by atoms with E-state index in [-0.39, 0.29) is 21.0 Å². The third-order valence-electron chi connectivity index (χ3n) is 5.40. The molecule has 0 spiro atoms. The Bertz CT molecular complexity index is 730. The van der Waals surface area contributed by atoms with Gasteiger partial charge in [0, 0.05) is 0 Å². The molecule has 0 heterocycles. The molecule has 2 aromatic rings. The summed E-state index contributed by atoms with van der Waals surface area (Å²) in [5, 5.41) is 11.2. The molecule has 2 nitrogen and oxygen atoms in total. The van der Waals surface area contributed by atoms with E-state index in [0.717, 1.165) is 5.56 Å². The minimum atomic E-state index is -0.626. The van der Waals surface area contributed by atoms with Crippen LogP contribution in [0.2, 0.25) is 0 Å². The zero-order chi connectivity index (χ0) is 22.1. The average Bonchev–Trinajstić information content (AvgIpc) is 3.53. The summed E-state index contributed by atoms with van der Waals surface area (Å²) < 4.78 is 1.60. The van der Waals surface area contributed by atoms with Gasteiger partial charge in [-0.25, -0.2) is 0 Å². The van der Waals surface area contributed by atoms with E-state index in [2.05, 4.69) is 69.4 Å². The van der Waals surface area contributed by atoms with Gasteiger partial charge in [-0.2, -0.15) is 0 Å². The van der Waals surface area contributed by atoms with Crippen LogP contribution in [0.3, 0.4) is 0 Å². The second-order valence-electron chi connectivity index (χ2n) is 7.75. The van der Waals surface area contributed by atoms with Gasteiger partial charge >= 0.3 is 186 Å². The van der Waals surface area contributed by atoms with E-state index in [1.807, 2.05) is 68.5 Å². The molecule has 2 aromatic carbocycles. The molecule has 4 rings (SSSR count). The maximum absolute atomic E-state index is 11.2. The first-order valence-electron chi connectivity index (χ1n) is 10.6. The second-order valence-corrected chi connectivity index (χ2v) is 11.1. The molecule has 0 unspecified atom stereocenters. The molecule has 32 heavy (non-hydrogen) atoms. The summed E-state index contributed by atoms with van der Waals surface area (Å²) in [4.78, 5) is 2.25. The van der Waals surface area contributed by atoms with E-state index >= 15 is 0 Å². The van der Waals surface area contributed by atoms with Gasteiger partial charge in [-0.05, 0) is 32.1 Å². The van der Waals surface area contributed by atoms with Gasteiger partial charge in [-0.1, -0.05) is 0 Å². The number of benzene rings is 2. The number of nitrogens with zero attached hydrogens (tertiary/aromatic N) is 1. The average molecular weight is 581 g/mol. The summed E-state index contributed by atoms with van der Waals surface area (Å²) in [6, 6.07) is 20.9. The van der Waals surface area contributed by atoms with Crippen molar-refractivity contribution in [1.82, 2.24) is 4.90 Å². The smallest absolute Gasteiger partial charge is 0.0312 e. The Morgan fingerprint density at radius 3 is 1.72 bits per heavy atom. The van der Waals surface area contributed by atoms with Crippen molar-refractivity contribution < 1.29 is 22.2 Å². The van der Waals surface area contributed by atoms with Crippen molar-refractivity contribution in [1.29, 1.82) is 0 Å². The van der Waals surface area contributed by atoms with Crippen LogP contribution >= 0.6 is 0 Å². The van der Waals surface area contributed by atoms with Crippen LogP contribution < -0.4 is 0 Å². The van der Waals surface area contributed by atoms with E-state index in [0.29, 0.717) is 6.04 Å². The van der Waals surface area contributed by atoms with E-state index in [1.54, 1.807) is 0 Å². The van der Waals surface area contributed by atoms with Crippen molar-refractivity contribution in [2.45, 2.75) is 23.0 Å². The summed E-state index contributed by atoms with van der Waals surface area (Å²) >= 11 is -0.626. The third-order valence-corrected chi connectivity index (χ3v) is 9.42. The number of rotatable bonds is 7. The number of hydrogen-bond acceptors (Lipinski definition) is 2. The van der Waals surface area contributed by atoms with Gasteiger partial charge in [0.25, 0.3) is 0 Å². The molecular formula is C28H31FeNOTe+2. The molecule has 0 aliphatic heterocycles. The van der Waals surface area contributed by atoms with Gasteiger partial charge in [0.1, 0.15) is 0 Å². The Kier molecular flexibility index (Phi) is 12.9. The van der Waals surface area contributed by atoms with Crippen molar-refractivity contribution >= 4 is 20.9 Å². The summed E-state index contributed by atoms with van der Waals surface area (Å²) in [6.07, 6.45) is 16.2. The Hall–Kier alpha value is -0.331. The number of aliphatic hydroxyl groups excluding tert-OH is 1. The van der Waals surface area contributed by atoms with Crippen molar-refractivity contribution in [2.24, 2.45) is 0 Å². The molecule has 0 aromatic heterocycles. The maximum atomic E-state index is 11.2. The maximum Gasteiger partial charge on any atom is 2.00 e. The standard InChI is InChI=1S/C23H26NOTe.C5H5.Fe/c1-17(24(2)3)20-15-10-16-21(20)26-23(19-13-8-5-9-14-19)22(25)18-11-6-4-7-12-18;1-2-4-5-3-1;/h4-17,22-23,25H,1-3H3;1-5H;/q;;+2/t17-,22+,23+;;/m0../s1. The zero-order valence-corrected chi connectivity index (χ0v) is 22.2. The van der Waals surface area contributed by atoms with Gasteiger partial charge in [-0.3, -0.25) is 0 Å². The van der Waals surface area contributed by atoms with Gasteiger partial charge in [0.05, 0.1) is 0 Å². The first kappa shape index (κ1) is 27.9. The SMILES string of the molecule is C[C@@H]([C]1[CH][CH][CH][C]1[Te][C@H](c1ccccc1)[C@H](O)c1ccccc1)N(C)C.[CH]1[CH][CH][CH][CH]1.[Fe+2]. The molecule has 1 N–H and O–H groups in total. The molecule has 4 heteroatoms. The minimum absolute atomic E-state index is 0. The van der Waals surface area contributed by atoms with Gasteiger partial charge < -0.3 is 0 Å². The zero-order valence-electron chi connectivity index (χ0n) is 18.8. The van der Waals surface area contributed by atoms with Gasteiger partial charge in [0.2, 0.25) is 0 Å². The largest absolute Gasteiger partial charge is 2.00 e. The van der Waals surface area contributed by atoms with Crippen LogP contribution in [-0.2, 0) is 17.1 Å². The third kappa shape index (κ3) is 8.16. The van der Waals surface area contributed by atoms with Crippen LogP contribution in [0, 0.1) is 61.3 Å². The fourth-order valence-electron chi connectivity index (χ4n) is 3.39. The van der Waals surface area contributed by atoms with Gasteiger partial charge in [-0.15, -0.1) is 0 Å². The molecule has 0 saturated heterocycles.